The second kappa shape index (κ2) is 9.04. The molecule has 0 rings (SSSR count). The van der Waals surface area contributed by atoms with Crippen molar-refractivity contribution < 1.29 is 7.00 Å². The summed E-state index contributed by atoms with van der Waals surface area (Å²) in [6, 6.07) is 0. The van der Waals surface area contributed by atoms with Gasteiger partial charge in [-0.05, 0) is 0 Å². The summed E-state index contributed by atoms with van der Waals surface area (Å²) in [4.78, 5) is 0. The van der Waals surface area contributed by atoms with Crippen molar-refractivity contribution in [1.29, 1.82) is 0 Å². The molecule has 0 aliphatic rings. The molecule has 0 aromatic rings. The molecule has 0 spiro atoms. The van der Waals surface area contributed by atoms with Crippen LogP contribution in [0.4, 0.5) is 7.00 Å². The van der Waals surface area contributed by atoms with Gasteiger partial charge in [0.15, 0.2) is 0 Å². The summed E-state index contributed by atoms with van der Waals surface area (Å²) in [5.41, 5.74) is 0. The number of hydrogen-bond acceptors (Lipinski definition) is 0. The Labute approximate surface area is 41.4 Å². The molecule has 0 saturated heterocycles. The van der Waals surface area contributed by atoms with Gasteiger partial charge in [0.2, 0.25) is 0 Å². The monoisotopic (exact) mass is 190 g/mol. The summed E-state index contributed by atoms with van der Waals surface area (Å²) in [5.74, 6) is 0. The number of hydrogen-bond donors (Lipinski definition) is 0. The molecular weight excluding hydrogens is 183 g/mol. The fourth-order valence-corrected chi connectivity index (χ4v) is 0. The van der Waals surface area contributed by atoms with Crippen LogP contribution >= 0.6 is 0 Å². The van der Waals surface area contributed by atoms with Crippen LogP contribution in [0.2, 0.25) is 0 Å². The fourth-order valence-electron chi connectivity index (χ4n) is 0. The maximum atomic E-state index is 9.78. The molecule has 0 amide bonds. The average Bonchev–Trinajstić information content (AvgIpc) is 0.918. The van der Waals surface area contributed by atoms with E-state index in [-0.39, 0.29) is 17.6 Å². The van der Waals surface area contributed by atoms with Crippen LogP contribution < -0.4 is 0 Å². The molecule has 0 aliphatic heterocycles. The topological polar surface area (TPSA) is 0 Å². The average molecular weight is 187 g/mol. The Balaban J connectivity index is 0. The molecule has 0 aromatic carbocycles. The van der Waals surface area contributed by atoms with E-state index in [1.165, 1.54) is 0 Å². The van der Waals surface area contributed by atoms with E-state index < -0.39 is 16.4 Å². The van der Waals surface area contributed by atoms with Crippen molar-refractivity contribution in [1.82, 2.24) is 0 Å². The van der Waals surface area contributed by atoms with Gasteiger partial charge in [0.1, 0.15) is 0 Å². The zero-order valence-electron chi connectivity index (χ0n) is 2.33. The minimum atomic E-state index is -2.69. The van der Waals surface area contributed by atoms with Crippen molar-refractivity contribution in [3.05, 3.63) is 0 Å². The Morgan fingerprint density at radius 3 is 1.25 bits per heavy atom. The SMILES string of the molecule is [F][GeH][F].[GeH3]. The van der Waals surface area contributed by atoms with Crippen molar-refractivity contribution in [3.8, 4) is 0 Å². The first kappa shape index (κ1) is 8.87. The van der Waals surface area contributed by atoms with Gasteiger partial charge in [-0.2, -0.15) is 0 Å². The Bertz CT molecular complexity index is 4.00. The fraction of sp³-hybridized carbons (Fsp3) is 0. The van der Waals surface area contributed by atoms with Crippen LogP contribution in [0.15, 0.2) is 0 Å². The van der Waals surface area contributed by atoms with E-state index in [2.05, 4.69) is 0 Å². The number of halogens is 2. The zero-order valence-corrected chi connectivity index (χ0v) is 8.95. The quantitative estimate of drug-likeness (QED) is 0.427. The van der Waals surface area contributed by atoms with Crippen LogP contribution in [0.3, 0.4) is 0 Å². The van der Waals surface area contributed by atoms with Gasteiger partial charge >= 0.3 is 41.0 Å². The van der Waals surface area contributed by atoms with Crippen LogP contribution in [0.5, 0.6) is 0 Å². The minimum absolute atomic E-state index is 0. The van der Waals surface area contributed by atoms with E-state index in [9.17, 15) is 7.00 Å². The molecule has 4 heteroatoms. The predicted octanol–water partition coefficient (Wildman–Crippen LogP) is -0.992. The Morgan fingerprint density at radius 1 is 1.25 bits per heavy atom. The zero-order chi connectivity index (χ0) is 2.71. The van der Waals surface area contributed by atoms with Gasteiger partial charge in [-0.3, -0.25) is 0 Å². The third-order valence-corrected chi connectivity index (χ3v) is 0. The molecule has 4 heavy (non-hydrogen) atoms. The molecule has 0 atom stereocenters. The van der Waals surface area contributed by atoms with Crippen molar-refractivity contribution in [2.45, 2.75) is 0 Å². The first-order valence-electron chi connectivity index (χ1n) is 0.436. The summed E-state index contributed by atoms with van der Waals surface area (Å²) >= 11 is -2.69. The van der Waals surface area contributed by atoms with Gasteiger partial charge in [-0.25, -0.2) is 0 Å². The molecule has 0 unspecified atom stereocenters. The van der Waals surface area contributed by atoms with Gasteiger partial charge in [0.25, 0.3) is 0 Å². The molecule has 0 N–H and O–H groups in total. The van der Waals surface area contributed by atoms with E-state index in [4.69, 9.17) is 0 Å². The predicted molar refractivity (Wildman–Crippen MR) is 19.3 cm³/mol. The van der Waals surface area contributed by atoms with Gasteiger partial charge in [0.05, 0.1) is 0 Å². The van der Waals surface area contributed by atoms with Gasteiger partial charge in [0, 0.05) is 0 Å². The van der Waals surface area contributed by atoms with Crippen LogP contribution in [-0.2, 0) is 0 Å². The third kappa shape index (κ3) is 12.5. The molecule has 0 heterocycles. The van der Waals surface area contributed by atoms with Crippen LogP contribution in [-0.4, -0.2) is 34.0 Å². The van der Waals surface area contributed by atoms with Crippen LogP contribution in [0.25, 0.3) is 0 Å². The van der Waals surface area contributed by atoms with E-state index >= 15 is 0 Å². The summed E-state index contributed by atoms with van der Waals surface area (Å²) in [5, 5.41) is 0. The summed E-state index contributed by atoms with van der Waals surface area (Å²) in [6.45, 7) is 0. The van der Waals surface area contributed by atoms with Crippen molar-refractivity contribution >= 4 is 34.0 Å². The molecule has 0 fully saturated rings. The molecule has 0 bridgehead atoms. The second-order valence-corrected chi connectivity index (χ2v) is 0.429. The standard InChI is InChI=1S/F2GeH.GeH3/c1-3-2;/h3H;1H3. The van der Waals surface area contributed by atoms with E-state index in [0.29, 0.717) is 0 Å². The first-order chi connectivity index (χ1) is 1.41. The molecule has 0 saturated carbocycles. The Hall–Kier alpha value is 0.946. The molecular formula is H4F2Ge2. The molecule has 26 valence electrons. The first-order valence-corrected chi connectivity index (χ1v) is 2.27. The third-order valence-electron chi connectivity index (χ3n) is 0. The van der Waals surface area contributed by atoms with E-state index in [1.54, 1.807) is 0 Å². The molecule has 0 aliphatic carbocycles. The van der Waals surface area contributed by atoms with Crippen molar-refractivity contribution in [2.24, 2.45) is 0 Å². The second-order valence-electron chi connectivity index (χ2n) is 0.0825. The van der Waals surface area contributed by atoms with Crippen molar-refractivity contribution in [3.63, 3.8) is 0 Å². The normalized spacial score (nSPS) is 4.50. The van der Waals surface area contributed by atoms with Gasteiger partial charge in [-0.1, -0.05) is 0 Å². The van der Waals surface area contributed by atoms with Crippen molar-refractivity contribution in [2.75, 3.05) is 0 Å². The summed E-state index contributed by atoms with van der Waals surface area (Å²) < 4.78 is 19.6. The molecule has 0 aromatic heterocycles. The van der Waals surface area contributed by atoms with Gasteiger partial charge in [-0.15, -0.1) is 0 Å². The van der Waals surface area contributed by atoms with Gasteiger partial charge < -0.3 is 0 Å². The molecule has 0 nitrogen and oxygen atoms in total. The summed E-state index contributed by atoms with van der Waals surface area (Å²) in [7, 11) is 0. The van der Waals surface area contributed by atoms with E-state index in [1.807, 2.05) is 0 Å². The number of rotatable bonds is 0. The maximum absolute atomic E-state index is 9.78. The van der Waals surface area contributed by atoms with Crippen LogP contribution in [0, 0.1) is 0 Å². The Morgan fingerprint density at radius 2 is 1.25 bits per heavy atom. The Kier molecular flexibility index (Phi) is 20.1. The van der Waals surface area contributed by atoms with E-state index in [0.717, 1.165) is 0 Å². The summed E-state index contributed by atoms with van der Waals surface area (Å²) in [6.07, 6.45) is 0. The van der Waals surface area contributed by atoms with Crippen LogP contribution in [0.1, 0.15) is 0 Å². The molecule has 2 radical (unpaired) electrons.